The van der Waals surface area contributed by atoms with Crippen LogP contribution in [0.3, 0.4) is 0 Å². The van der Waals surface area contributed by atoms with Gasteiger partial charge in [0, 0.05) is 32.6 Å². The van der Waals surface area contributed by atoms with Crippen molar-refractivity contribution in [2.75, 3.05) is 12.3 Å². The first-order valence-electron chi connectivity index (χ1n) is 8.65. The summed E-state index contributed by atoms with van der Waals surface area (Å²) in [6.07, 6.45) is 3.12. The molecule has 0 aliphatic rings. The first kappa shape index (κ1) is 25.0. The molecular weight excluding hydrogens is 349 g/mol. The molecule has 0 heterocycles. The quantitative estimate of drug-likeness (QED) is 0.372. The Hall–Kier alpha value is 0.716. The average molecular weight is 388 g/mol. The smallest absolute Gasteiger partial charge is 0.0910 e. The maximum atomic E-state index is 2.44. The van der Waals surface area contributed by atoms with Crippen LogP contribution in [0.25, 0.3) is 0 Å². The van der Waals surface area contributed by atoms with Crippen molar-refractivity contribution in [2.24, 2.45) is 0 Å². The van der Waals surface area contributed by atoms with E-state index in [-0.39, 0.29) is 32.6 Å². The van der Waals surface area contributed by atoms with Crippen LogP contribution < -0.4 is 0 Å². The Bertz CT molecular complexity index is 265. The summed E-state index contributed by atoms with van der Waals surface area (Å²) in [4.78, 5) is 0. The van der Waals surface area contributed by atoms with E-state index in [9.17, 15) is 0 Å². The maximum absolute atomic E-state index is 2.44. The topological polar surface area (TPSA) is 0 Å². The Morgan fingerprint density at radius 1 is 0.636 bits per heavy atom. The predicted molar refractivity (Wildman–Crippen MR) is 109 cm³/mol. The Kier molecular flexibility index (Phi) is 16.0. The summed E-state index contributed by atoms with van der Waals surface area (Å²) in [5.41, 5.74) is 3.81. The van der Waals surface area contributed by atoms with Gasteiger partial charge in [-0.25, -0.2) is 12.1 Å². The standard InChI is InChI=1S/C14H32P2.C5H5.Co/c1-11(2)15(12(3)4)9-10-16(13(5)6)14(7)8;1-2-4-5-3-1;/h11-14H,9-10H2,1-8H3;1-5H;/q;-1;/p+2. The van der Waals surface area contributed by atoms with Crippen LogP contribution in [0.4, 0.5) is 0 Å². The van der Waals surface area contributed by atoms with E-state index in [0.29, 0.717) is 0 Å². The molecule has 1 aromatic carbocycles. The molecule has 1 rings (SSSR count). The average Bonchev–Trinajstić information content (AvgIpc) is 2.91. The van der Waals surface area contributed by atoms with E-state index in [0.717, 1.165) is 22.6 Å². The minimum absolute atomic E-state index is 0. The zero-order valence-corrected chi connectivity index (χ0v) is 19.0. The van der Waals surface area contributed by atoms with E-state index in [2.05, 4.69) is 55.4 Å². The van der Waals surface area contributed by atoms with E-state index in [1.54, 1.807) is 12.3 Å². The van der Waals surface area contributed by atoms with Crippen molar-refractivity contribution in [3.05, 3.63) is 30.3 Å². The zero-order chi connectivity index (χ0) is 16.4. The van der Waals surface area contributed by atoms with E-state index in [4.69, 9.17) is 0 Å². The Labute approximate surface area is 153 Å². The minimum Gasteiger partial charge on any atom is -0.214 e. The van der Waals surface area contributed by atoms with Crippen LogP contribution >= 0.6 is 15.8 Å². The largest absolute Gasteiger partial charge is 0.214 e. The first-order chi connectivity index (χ1) is 9.77. The van der Waals surface area contributed by atoms with Crippen molar-refractivity contribution in [3.63, 3.8) is 0 Å². The van der Waals surface area contributed by atoms with Crippen LogP contribution in [0.15, 0.2) is 30.3 Å². The molecule has 0 bridgehead atoms. The molecule has 0 fully saturated rings. The summed E-state index contributed by atoms with van der Waals surface area (Å²) in [6.45, 7) is 19.5. The predicted octanol–water partition coefficient (Wildman–Crippen LogP) is 6.45. The Morgan fingerprint density at radius 3 is 1.05 bits per heavy atom. The third kappa shape index (κ3) is 11.3. The molecule has 1 aromatic rings. The van der Waals surface area contributed by atoms with E-state index in [1.165, 1.54) is 0 Å². The van der Waals surface area contributed by atoms with E-state index >= 15 is 0 Å². The second kappa shape index (κ2) is 14.1. The van der Waals surface area contributed by atoms with Gasteiger partial charge < -0.3 is 0 Å². The van der Waals surface area contributed by atoms with Crippen molar-refractivity contribution < 1.29 is 16.8 Å². The fourth-order valence-electron chi connectivity index (χ4n) is 3.10. The van der Waals surface area contributed by atoms with E-state index in [1.807, 2.05) is 30.3 Å². The number of hydrogen-bond donors (Lipinski definition) is 0. The molecule has 0 N–H and O–H groups in total. The molecule has 0 nitrogen and oxygen atoms in total. The van der Waals surface area contributed by atoms with Crippen LogP contribution in [0.1, 0.15) is 55.4 Å². The zero-order valence-electron chi connectivity index (χ0n) is 15.9. The van der Waals surface area contributed by atoms with Gasteiger partial charge in [-0.05, 0) is 55.4 Å². The van der Waals surface area contributed by atoms with Gasteiger partial charge in [-0.15, -0.1) is 0 Å². The molecule has 0 atom stereocenters. The third-order valence-electron chi connectivity index (χ3n) is 4.22. The monoisotopic (exact) mass is 388 g/mol. The Balaban J connectivity index is 0. The molecule has 133 valence electrons. The molecule has 1 radical (unpaired) electrons. The van der Waals surface area contributed by atoms with Crippen molar-refractivity contribution in [3.8, 4) is 0 Å². The van der Waals surface area contributed by atoms with Crippen LogP contribution in [-0.4, -0.2) is 35.0 Å². The van der Waals surface area contributed by atoms with Crippen molar-refractivity contribution >= 4 is 15.8 Å². The number of rotatable bonds is 7. The number of hydrogen-bond acceptors (Lipinski definition) is 0. The molecule has 0 unspecified atom stereocenters. The fraction of sp³-hybridized carbons (Fsp3) is 0.737. The molecule has 0 saturated carbocycles. The minimum atomic E-state index is -0.114. The summed E-state index contributed by atoms with van der Waals surface area (Å²) in [6, 6.07) is 10.0. The fourth-order valence-corrected chi connectivity index (χ4v) is 10.4. The second-order valence-electron chi connectivity index (χ2n) is 7.23. The molecule has 0 spiro atoms. The van der Waals surface area contributed by atoms with Gasteiger partial charge in [-0.1, -0.05) is 0 Å². The second-order valence-corrected chi connectivity index (χ2v) is 15.1. The SMILES string of the molecule is CC(C)[PH+](CC[PH+](C(C)C)C(C)C)C(C)C.[Co].c1cc[cH-]c1. The van der Waals surface area contributed by atoms with Crippen molar-refractivity contribution in [1.29, 1.82) is 0 Å². The summed E-state index contributed by atoms with van der Waals surface area (Å²) < 4.78 is 0. The van der Waals surface area contributed by atoms with Crippen LogP contribution in [0.2, 0.25) is 0 Å². The van der Waals surface area contributed by atoms with Gasteiger partial charge in [0.25, 0.3) is 0 Å². The normalized spacial score (nSPS) is 11.4. The van der Waals surface area contributed by atoms with Gasteiger partial charge >= 0.3 is 0 Å². The molecule has 0 aliphatic carbocycles. The van der Waals surface area contributed by atoms with Crippen molar-refractivity contribution in [1.82, 2.24) is 0 Å². The van der Waals surface area contributed by atoms with Gasteiger partial charge in [0.15, 0.2) is 0 Å². The molecule has 3 heteroatoms. The van der Waals surface area contributed by atoms with Crippen LogP contribution in [-0.2, 0) is 16.8 Å². The molecular formula is C19H39CoP2+. The summed E-state index contributed by atoms with van der Waals surface area (Å²) in [5.74, 6) is 0. The molecule has 0 amide bonds. The molecule has 0 saturated heterocycles. The Morgan fingerprint density at radius 2 is 0.909 bits per heavy atom. The van der Waals surface area contributed by atoms with Gasteiger partial charge in [-0.2, -0.15) is 18.2 Å². The first-order valence-corrected chi connectivity index (χ1v) is 12.4. The summed E-state index contributed by atoms with van der Waals surface area (Å²) >= 11 is 0. The summed E-state index contributed by atoms with van der Waals surface area (Å²) in [5, 5.41) is 0. The van der Waals surface area contributed by atoms with Gasteiger partial charge in [0.2, 0.25) is 0 Å². The summed E-state index contributed by atoms with van der Waals surface area (Å²) in [7, 11) is -0.229. The molecule has 0 aromatic heterocycles. The molecule has 0 aliphatic heterocycles. The van der Waals surface area contributed by atoms with E-state index < -0.39 is 0 Å². The third-order valence-corrected chi connectivity index (χ3v) is 12.3. The molecule has 22 heavy (non-hydrogen) atoms. The van der Waals surface area contributed by atoms with Crippen LogP contribution in [0, 0.1) is 0 Å². The maximum Gasteiger partial charge on any atom is 0.0910 e. The van der Waals surface area contributed by atoms with Gasteiger partial charge in [0.05, 0.1) is 35.0 Å². The van der Waals surface area contributed by atoms with Crippen LogP contribution in [0.5, 0.6) is 0 Å². The van der Waals surface area contributed by atoms with Crippen molar-refractivity contribution in [2.45, 2.75) is 78.0 Å². The van der Waals surface area contributed by atoms with Gasteiger partial charge in [-0.3, -0.25) is 0 Å². The van der Waals surface area contributed by atoms with Gasteiger partial charge in [0.1, 0.15) is 0 Å².